The lowest BCUT2D eigenvalue weighted by molar-refractivity contribution is 0.297. The first-order chi connectivity index (χ1) is 8.40. The second-order valence-electron chi connectivity index (χ2n) is 4.25. The normalized spacial score (nSPS) is 12.8. The molecule has 0 amide bonds. The van der Waals surface area contributed by atoms with E-state index >= 15 is 0 Å². The highest BCUT2D eigenvalue weighted by Crippen LogP contribution is 2.36. The van der Waals surface area contributed by atoms with Crippen molar-refractivity contribution in [1.82, 2.24) is 15.0 Å². The van der Waals surface area contributed by atoms with Crippen molar-refractivity contribution in [2.75, 3.05) is 0 Å². The molecule has 17 heavy (non-hydrogen) atoms. The third-order valence-electron chi connectivity index (χ3n) is 3.03. The Balaban J connectivity index is 2.06. The van der Waals surface area contributed by atoms with Crippen LogP contribution in [0.4, 0.5) is 0 Å². The van der Waals surface area contributed by atoms with E-state index in [1.54, 1.807) is 0 Å². The summed E-state index contributed by atoms with van der Waals surface area (Å²) in [4.78, 5) is 0. The van der Waals surface area contributed by atoms with Gasteiger partial charge in [0.05, 0.1) is 5.69 Å². The van der Waals surface area contributed by atoms with Crippen LogP contribution in [0.1, 0.15) is 25.5 Å². The lowest BCUT2D eigenvalue weighted by Crippen LogP contribution is -2.09. The van der Waals surface area contributed by atoms with Gasteiger partial charge in [0.1, 0.15) is 18.1 Å². The number of nitrogens with zero attached hydrogens (tertiary/aromatic N) is 3. The summed E-state index contributed by atoms with van der Waals surface area (Å²) in [6.45, 7) is 3.63. The number of para-hydroxylation sites is 1. The predicted molar refractivity (Wildman–Crippen MR) is 64.7 cm³/mol. The van der Waals surface area contributed by atoms with E-state index in [4.69, 9.17) is 4.74 Å². The van der Waals surface area contributed by atoms with Crippen molar-refractivity contribution < 1.29 is 4.74 Å². The van der Waals surface area contributed by atoms with Crippen LogP contribution in [0, 0.1) is 0 Å². The Kier molecular flexibility index (Phi) is 2.55. The summed E-state index contributed by atoms with van der Waals surface area (Å²) < 4.78 is 7.65. The second kappa shape index (κ2) is 4.20. The first-order valence-corrected chi connectivity index (χ1v) is 6.04. The van der Waals surface area contributed by atoms with Gasteiger partial charge in [-0.15, -0.1) is 5.10 Å². The molecule has 0 saturated carbocycles. The van der Waals surface area contributed by atoms with E-state index in [-0.39, 0.29) is 0 Å². The zero-order chi connectivity index (χ0) is 11.7. The maximum atomic E-state index is 5.65. The highest BCUT2D eigenvalue weighted by molar-refractivity contribution is 5.70. The van der Waals surface area contributed by atoms with Gasteiger partial charge in [0.2, 0.25) is 0 Å². The van der Waals surface area contributed by atoms with Crippen LogP contribution in [0.2, 0.25) is 0 Å². The largest absolute Gasteiger partial charge is 0.486 e. The second-order valence-corrected chi connectivity index (χ2v) is 4.25. The molecule has 0 spiro atoms. The molecule has 4 heteroatoms. The first kappa shape index (κ1) is 10.3. The van der Waals surface area contributed by atoms with E-state index in [2.05, 4.69) is 23.3 Å². The molecule has 1 aliphatic rings. The minimum Gasteiger partial charge on any atom is -0.486 e. The van der Waals surface area contributed by atoms with E-state index in [9.17, 15) is 0 Å². The Morgan fingerprint density at radius 3 is 3.12 bits per heavy atom. The van der Waals surface area contributed by atoms with Gasteiger partial charge in [0, 0.05) is 12.1 Å². The summed E-state index contributed by atoms with van der Waals surface area (Å²) in [5.41, 5.74) is 3.18. The maximum absolute atomic E-state index is 5.65. The molecule has 0 radical (unpaired) electrons. The van der Waals surface area contributed by atoms with Gasteiger partial charge >= 0.3 is 0 Å². The number of ether oxygens (including phenoxy) is 1. The summed E-state index contributed by atoms with van der Waals surface area (Å²) in [5.74, 6) is 0.931. The van der Waals surface area contributed by atoms with Gasteiger partial charge in [-0.2, -0.15) is 0 Å². The Labute approximate surface area is 100 Å². The van der Waals surface area contributed by atoms with E-state index in [0.29, 0.717) is 6.61 Å². The summed E-state index contributed by atoms with van der Waals surface area (Å²) >= 11 is 0. The Bertz CT molecular complexity index is 533. The first-order valence-electron chi connectivity index (χ1n) is 6.04. The topological polar surface area (TPSA) is 39.9 Å². The molecule has 1 aromatic carbocycles. The molecule has 4 nitrogen and oxygen atoms in total. The van der Waals surface area contributed by atoms with E-state index in [1.165, 1.54) is 0 Å². The van der Waals surface area contributed by atoms with Crippen LogP contribution in [0.25, 0.3) is 11.3 Å². The zero-order valence-electron chi connectivity index (χ0n) is 9.89. The van der Waals surface area contributed by atoms with Crippen molar-refractivity contribution in [2.24, 2.45) is 0 Å². The van der Waals surface area contributed by atoms with Crippen LogP contribution in [0.15, 0.2) is 24.3 Å². The van der Waals surface area contributed by atoms with Crippen LogP contribution in [0.3, 0.4) is 0 Å². The molecule has 0 aliphatic carbocycles. The molecule has 2 heterocycles. The van der Waals surface area contributed by atoms with Crippen LogP contribution >= 0.6 is 0 Å². The van der Waals surface area contributed by atoms with Crippen LogP contribution < -0.4 is 4.74 Å². The third kappa shape index (κ3) is 1.69. The summed E-state index contributed by atoms with van der Waals surface area (Å²) in [5, 5.41) is 8.42. The highest BCUT2D eigenvalue weighted by atomic mass is 16.5. The van der Waals surface area contributed by atoms with Gasteiger partial charge in [-0.1, -0.05) is 30.7 Å². The fraction of sp³-hybridized carbons (Fsp3) is 0.385. The fourth-order valence-electron chi connectivity index (χ4n) is 2.14. The number of hydrogen-bond acceptors (Lipinski definition) is 3. The molecular formula is C13H15N3O. The smallest absolute Gasteiger partial charge is 0.134 e. The van der Waals surface area contributed by atoms with E-state index < -0.39 is 0 Å². The SMILES string of the molecule is CCCCn1nnc2c1-c1ccccc1OC2. The van der Waals surface area contributed by atoms with Gasteiger partial charge in [0.25, 0.3) is 0 Å². The van der Waals surface area contributed by atoms with E-state index in [0.717, 1.165) is 42.1 Å². The zero-order valence-corrected chi connectivity index (χ0v) is 9.89. The minimum atomic E-state index is 0.526. The molecule has 0 unspecified atom stereocenters. The van der Waals surface area contributed by atoms with Crippen LogP contribution in [0.5, 0.6) is 5.75 Å². The predicted octanol–water partition coefficient (Wildman–Crippen LogP) is 2.64. The molecular weight excluding hydrogens is 214 g/mol. The van der Waals surface area contributed by atoms with Crippen molar-refractivity contribution >= 4 is 0 Å². The molecule has 0 N–H and O–H groups in total. The Morgan fingerprint density at radius 2 is 2.24 bits per heavy atom. The fourth-order valence-corrected chi connectivity index (χ4v) is 2.14. The summed E-state index contributed by atoms with van der Waals surface area (Å²) in [7, 11) is 0. The molecule has 0 saturated heterocycles. The minimum absolute atomic E-state index is 0.526. The van der Waals surface area contributed by atoms with Crippen molar-refractivity contribution in [1.29, 1.82) is 0 Å². The maximum Gasteiger partial charge on any atom is 0.134 e. The monoisotopic (exact) mass is 229 g/mol. The molecule has 1 aliphatic heterocycles. The van der Waals surface area contributed by atoms with Crippen molar-refractivity contribution in [2.45, 2.75) is 32.9 Å². The highest BCUT2D eigenvalue weighted by Gasteiger charge is 2.22. The number of benzene rings is 1. The molecule has 88 valence electrons. The summed E-state index contributed by atoms with van der Waals surface area (Å²) in [6.07, 6.45) is 2.28. The van der Waals surface area contributed by atoms with E-state index in [1.807, 2.05) is 22.9 Å². The molecule has 3 rings (SSSR count). The van der Waals surface area contributed by atoms with Crippen molar-refractivity contribution in [3.63, 3.8) is 0 Å². The molecule has 1 aromatic heterocycles. The van der Waals surface area contributed by atoms with Gasteiger partial charge in [-0.25, -0.2) is 4.68 Å². The Morgan fingerprint density at radius 1 is 1.35 bits per heavy atom. The number of rotatable bonds is 3. The van der Waals surface area contributed by atoms with Crippen molar-refractivity contribution in [3.8, 4) is 17.0 Å². The Hall–Kier alpha value is -1.84. The average molecular weight is 229 g/mol. The lowest BCUT2D eigenvalue weighted by atomic mass is 10.1. The number of unbranched alkanes of at least 4 members (excludes halogenated alkanes) is 1. The standard InChI is InChI=1S/C13H15N3O/c1-2-3-8-16-13-10-6-4-5-7-12(10)17-9-11(13)14-15-16/h4-7H,2-3,8-9H2,1H3. The molecule has 2 aromatic rings. The number of aryl methyl sites for hydroxylation is 1. The summed E-state index contributed by atoms with van der Waals surface area (Å²) in [6, 6.07) is 8.08. The molecule has 0 bridgehead atoms. The van der Waals surface area contributed by atoms with Gasteiger partial charge in [0.15, 0.2) is 0 Å². The average Bonchev–Trinajstić information content (AvgIpc) is 2.80. The molecule has 0 atom stereocenters. The van der Waals surface area contributed by atoms with Crippen molar-refractivity contribution in [3.05, 3.63) is 30.0 Å². The lowest BCUT2D eigenvalue weighted by Gasteiger charge is -2.17. The van der Waals surface area contributed by atoms with Gasteiger partial charge in [-0.3, -0.25) is 0 Å². The third-order valence-corrected chi connectivity index (χ3v) is 3.03. The number of hydrogen-bond donors (Lipinski definition) is 0. The number of aromatic nitrogens is 3. The van der Waals surface area contributed by atoms with Crippen LogP contribution in [-0.2, 0) is 13.2 Å². The van der Waals surface area contributed by atoms with Gasteiger partial charge < -0.3 is 4.74 Å². The van der Waals surface area contributed by atoms with Crippen LogP contribution in [-0.4, -0.2) is 15.0 Å². The van der Waals surface area contributed by atoms with Gasteiger partial charge in [-0.05, 0) is 18.6 Å². The quantitative estimate of drug-likeness (QED) is 0.812. The number of fused-ring (bicyclic) bond motifs is 3. The molecule has 0 fully saturated rings.